The molecular weight excluding hydrogens is 285 g/mol. The number of nitrogens with zero attached hydrogens (tertiary/aromatic N) is 1. The topological polar surface area (TPSA) is 24.9 Å². The van der Waals surface area contributed by atoms with E-state index in [0.717, 1.165) is 23.0 Å². The molecule has 1 N–H and O–H groups in total. The summed E-state index contributed by atoms with van der Waals surface area (Å²) in [6.07, 6.45) is 0. The molecule has 2 nitrogen and oxygen atoms in total. The molecule has 0 aliphatic heterocycles. The first-order valence-electron chi connectivity index (χ1n) is 5.87. The highest BCUT2D eigenvalue weighted by atomic mass is 32.1. The summed E-state index contributed by atoms with van der Waals surface area (Å²) in [4.78, 5) is 3.96. The summed E-state index contributed by atoms with van der Waals surface area (Å²) < 4.78 is 40.0. The van der Waals surface area contributed by atoms with E-state index in [1.807, 2.05) is 30.3 Å². The fourth-order valence-corrected chi connectivity index (χ4v) is 2.71. The van der Waals surface area contributed by atoms with Crippen LogP contribution in [-0.4, -0.2) is 4.98 Å². The van der Waals surface area contributed by atoms with Crippen LogP contribution in [0.1, 0.15) is 5.56 Å². The quantitative estimate of drug-likeness (QED) is 0.727. The van der Waals surface area contributed by atoms with E-state index in [9.17, 15) is 13.2 Å². The third-order valence-corrected chi connectivity index (χ3v) is 3.77. The molecule has 20 heavy (non-hydrogen) atoms. The molecule has 0 unspecified atom stereocenters. The Morgan fingerprint density at radius 1 is 1.05 bits per heavy atom. The molecule has 0 saturated carbocycles. The predicted molar refractivity (Wildman–Crippen MR) is 73.3 cm³/mol. The Hall–Kier alpha value is -2.08. The molecular formula is C14H9F3N2S. The maximum absolute atomic E-state index is 13.5. The Balaban J connectivity index is 1.88. The summed E-state index contributed by atoms with van der Waals surface area (Å²) in [6, 6.07) is 10.5. The summed E-state index contributed by atoms with van der Waals surface area (Å²) in [7, 11) is 0. The van der Waals surface area contributed by atoms with Gasteiger partial charge in [0.1, 0.15) is 5.52 Å². The number of fused-ring (bicyclic) bond motifs is 1. The third-order valence-electron chi connectivity index (χ3n) is 2.81. The molecule has 2 aromatic carbocycles. The second-order valence-electron chi connectivity index (χ2n) is 4.19. The number of thiazole rings is 1. The monoisotopic (exact) mass is 294 g/mol. The lowest BCUT2D eigenvalue weighted by molar-refractivity contribution is 0.453. The van der Waals surface area contributed by atoms with Crippen molar-refractivity contribution in [3.05, 3.63) is 59.4 Å². The van der Waals surface area contributed by atoms with Gasteiger partial charge in [-0.2, -0.15) is 0 Å². The van der Waals surface area contributed by atoms with E-state index in [4.69, 9.17) is 0 Å². The molecule has 6 heteroatoms. The Morgan fingerprint density at radius 2 is 1.80 bits per heavy atom. The Bertz CT molecular complexity index is 756. The second kappa shape index (κ2) is 5.13. The molecule has 0 fully saturated rings. The summed E-state index contributed by atoms with van der Waals surface area (Å²) >= 11 is 1.08. The average Bonchev–Trinajstić information content (AvgIpc) is 2.87. The van der Waals surface area contributed by atoms with Crippen molar-refractivity contribution >= 4 is 26.7 Å². The van der Waals surface area contributed by atoms with Crippen molar-refractivity contribution < 1.29 is 13.2 Å². The fourth-order valence-electron chi connectivity index (χ4n) is 1.82. The van der Waals surface area contributed by atoms with Crippen LogP contribution < -0.4 is 5.32 Å². The first-order valence-corrected chi connectivity index (χ1v) is 6.68. The normalized spacial score (nSPS) is 10.9. The van der Waals surface area contributed by atoms with Crippen LogP contribution in [0.15, 0.2) is 36.4 Å². The number of rotatable bonds is 3. The molecule has 1 aromatic heterocycles. The fraction of sp³-hybridized carbons (Fsp3) is 0.0714. The van der Waals surface area contributed by atoms with E-state index >= 15 is 0 Å². The van der Waals surface area contributed by atoms with Gasteiger partial charge < -0.3 is 5.32 Å². The second-order valence-corrected chi connectivity index (χ2v) is 5.22. The number of anilines is 1. The molecule has 1 heterocycles. The molecule has 3 aromatic rings. The number of aromatic nitrogens is 1. The lowest BCUT2D eigenvalue weighted by Crippen LogP contribution is -1.98. The van der Waals surface area contributed by atoms with Crippen LogP contribution in [0.2, 0.25) is 0 Å². The summed E-state index contributed by atoms with van der Waals surface area (Å²) in [5.74, 6) is -3.94. The Labute approximate surface area is 116 Å². The first-order chi connectivity index (χ1) is 9.65. The van der Waals surface area contributed by atoms with Gasteiger partial charge in [-0.25, -0.2) is 18.2 Å². The van der Waals surface area contributed by atoms with Crippen LogP contribution in [-0.2, 0) is 6.54 Å². The molecule has 0 atom stereocenters. The smallest absolute Gasteiger partial charge is 0.196 e. The maximum Gasteiger partial charge on any atom is 0.196 e. The zero-order chi connectivity index (χ0) is 14.1. The van der Waals surface area contributed by atoms with E-state index in [0.29, 0.717) is 11.7 Å². The third kappa shape index (κ3) is 2.34. The number of hydrogen-bond donors (Lipinski definition) is 1. The van der Waals surface area contributed by atoms with Gasteiger partial charge in [0.25, 0.3) is 0 Å². The van der Waals surface area contributed by atoms with Gasteiger partial charge in [-0.3, -0.25) is 0 Å². The Kier molecular flexibility index (Phi) is 3.31. The van der Waals surface area contributed by atoms with Crippen molar-refractivity contribution in [1.82, 2.24) is 4.98 Å². The van der Waals surface area contributed by atoms with Gasteiger partial charge in [0.2, 0.25) is 0 Å². The average molecular weight is 294 g/mol. The number of hydrogen-bond acceptors (Lipinski definition) is 3. The minimum Gasteiger partial charge on any atom is -0.357 e. The first kappa shape index (κ1) is 12.9. The minimum atomic E-state index is -1.49. The standard InChI is InChI=1S/C14H9F3N2S/c15-9-6-10-13(12(17)11(9)16)19-14(20-10)18-7-8-4-2-1-3-5-8/h1-6H,7H2,(H,18,19). The van der Waals surface area contributed by atoms with Gasteiger partial charge in [-0.05, 0) is 11.6 Å². The van der Waals surface area contributed by atoms with Gasteiger partial charge in [-0.15, -0.1) is 0 Å². The van der Waals surface area contributed by atoms with Crippen molar-refractivity contribution in [3.63, 3.8) is 0 Å². The van der Waals surface area contributed by atoms with E-state index in [1.54, 1.807) is 0 Å². The molecule has 3 rings (SSSR count). The van der Waals surface area contributed by atoms with Crippen LogP contribution in [0.25, 0.3) is 10.2 Å². The zero-order valence-corrected chi connectivity index (χ0v) is 11.0. The number of benzene rings is 2. The molecule has 0 saturated heterocycles. The van der Waals surface area contributed by atoms with Crippen LogP contribution in [0.5, 0.6) is 0 Å². The SMILES string of the molecule is Fc1cc2sc(NCc3ccccc3)nc2c(F)c1F. The number of halogens is 3. The van der Waals surface area contributed by atoms with Crippen LogP contribution in [0.3, 0.4) is 0 Å². The summed E-state index contributed by atoms with van der Waals surface area (Å²) in [6.45, 7) is 0.507. The number of nitrogens with one attached hydrogen (secondary N) is 1. The van der Waals surface area contributed by atoms with Gasteiger partial charge >= 0.3 is 0 Å². The molecule has 0 aliphatic rings. The lowest BCUT2D eigenvalue weighted by Gasteiger charge is -2.01. The van der Waals surface area contributed by atoms with Gasteiger partial charge in [-0.1, -0.05) is 41.7 Å². The van der Waals surface area contributed by atoms with Crippen LogP contribution >= 0.6 is 11.3 Å². The van der Waals surface area contributed by atoms with Gasteiger partial charge in [0.05, 0.1) is 4.70 Å². The largest absolute Gasteiger partial charge is 0.357 e. The zero-order valence-electron chi connectivity index (χ0n) is 10.2. The van der Waals surface area contributed by atoms with Gasteiger partial charge in [0, 0.05) is 6.54 Å². The molecule has 102 valence electrons. The van der Waals surface area contributed by atoms with Crippen molar-refractivity contribution in [2.75, 3.05) is 5.32 Å². The van der Waals surface area contributed by atoms with Crippen molar-refractivity contribution in [2.45, 2.75) is 6.54 Å². The molecule has 0 radical (unpaired) electrons. The van der Waals surface area contributed by atoms with Crippen molar-refractivity contribution in [3.8, 4) is 0 Å². The van der Waals surface area contributed by atoms with E-state index < -0.39 is 17.5 Å². The van der Waals surface area contributed by atoms with Crippen molar-refractivity contribution in [2.24, 2.45) is 0 Å². The predicted octanol–water partition coefficient (Wildman–Crippen LogP) is 4.33. The molecule has 0 aliphatic carbocycles. The van der Waals surface area contributed by atoms with Crippen LogP contribution in [0, 0.1) is 17.5 Å². The Morgan fingerprint density at radius 3 is 2.55 bits per heavy atom. The highest BCUT2D eigenvalue weighted by molar-refractivity contribution is 7.22. The molecule has 0 bridgehead atoms. The summed E-state index contributed by atoms with van der Waals surface area (Å²) in [5, 5.41) is 3.44. The lowest BCUT2D eigenvalue weighted by atomic mass is 10.2. The van der Waals surface area contributed by atoms with E-state index in [2.05, 4.69) is 10.3 Å². The van der Waals surface area contributed by atoms with Gasteiger partial charge in [0.15, 0.2) is 22.6 Å². The molecule has 0 spiro atoms. The van der Waals surface area contributed by atoms with Crippen LogP contribution in [0.4, 0.5) is 18.3 Å². The summed E-state index contributed by atoms with van der Waals surface area (Å²) in [5.41, 5.74) is 0.883. The van der Waals surface area contributed by atoms with E-state index in [1.165, 1.54) is 0 Å². The van der Waals surface area contributed by atoms with E-state index in [-0.39, 0.29) is 10.2 Å². The van der Waals surface area contributed by atoms with Crippen molar-refractivity contribution in [1.29, 1.82) is 0 Å². The molecule has 0 amide bonds. The maximum atomic E-state index is 13.5. The highest BCUT2D eigenvalue weighted by Crippen LogP contribution is 2.30. The highest BCUT2D eigenvalue weighted by Gasteiger charge is 2.17. The minimum absolute atomic E-state index is 0.149.